The van der Waals surface area contributed by atoms with Gasteiger partial charge in [0.05, 0.1) is 0 Å². The summed E-state index contributed by atoms with van der Waals surface area (Å²) in [6.45, 7) is 1.89. The van der Waals surface area contributed by atoms with Gasteiger partial charge in [-0.3, -0.25) is 9.59 Å². The van der Waals surface area contributed by atoms with Crippen molar-refractivity contribution in [2.45, 2.75) is 13.3 Å². The van der Waals surface area contributed by atoms with Crippen LogP contribution in [0.3, 0.4) is 0 Å². The van der Waals surface area contributed by atoms with Gasteiger partial charge < -0.3 is 0 Å². The molecule has 0 N–H and O–H groups in total. The molecular weight excluding hydrogens is 200 g/mol. The van der Waals surface area contributed by atoms with Gasteiger partial charge >= 0.3 is 0 Å². The van der Waals surface area contributed by atoms with Gasteiger partial charge in [-0.1, -0.05) is 36.4 Å². The molecule has 0 bridgehead atoms. The number of carbonyl (C=O) groups excluding carboxylic acids is 2. The van der Waals surface area contributed by atoms with E-state index < -0.39 is 0 Å². The van der Waals surface area contributed by atoms with Crippen molar-refractivity contribution in [1.82, 2.24) is 0 Å². The second-order valence-corrected chi connectivity index (χ2v) is 3.68. The predicted octanol–water partition coefficient (Wildman–Crippen LogP) is 2.96. The second kappa shape index (κ2) is 4.27. The molecule has 1 aromatic carbocycles. The minimum Gasteiger partial charge on any atom is -0.289 e. The molecule has 1 aliphatic carbocycles. The Morgan fingerprint density at radius 1 is 1.12 bits per heavy atom. The fraction of sp³-hybridized carbons (Fsp3) is 0.143. The smallest absolute Gasteiger partial charge is 0.190 e. The van der Waals surface area contributed by atoms with Crippen LogP contribution >= 0.6 is 0 Å². The van der Waals surface area contributed by atoms with Crippen molar-refractivity contribution >= 4 is 11.6 Å². The molecule has 1 aliphatic rings. The van der Waals surface area contributed by atoms with E-state index in [4.69, 9.17) is 0 Å². The highest BCUT2D eigenvalue weighted by Crippen LogP contribution is 2.22. The first kappa shape index (κ1) is 10.6. The maximum Gasteiger partial charge on any atom is 0.190 e. The Kier molecular flexibility index (Phi) is 2.82. The van der Waals surface area contributed by atoms with Crippen LogP contribution in [0.5, 0.6) is 0 Å². The summed E-state index contributed by atoms with van der Waals surface area (Å²) < 4.78 is 0. The number of rotatable bonds is 2. The van der Waals surface area contributed by atoms with Crippen LogP contribution in [0, 0.1) is 0 Å². The van der Waals surface area contributed by atoms with E-state index >= 15 is 0 Å². The Bertz CT molecular complexity index is 507. The molecule has 0 saturated heterocycles. The average molecular weight is 212 g/mol. The van der Waals surface area contributed by atoms with Crippen molar-refractivity contribution in [3.63, 3.8) is 0 Å². The van der Waals surface area contributed by atoms with E-state index in [9.17, 15) is 9.59 Å². The van der Waals surface area contributed by atoms with Gasteiger partial charge in [0, 0.05) is 16.7 Å². The first-order chi connectivity index (χ1) is 7.74. The molecule has 0 spiro atoms. The molecule has 0 unspecified atom stereocenters. The number of hydrogen-bond acceptors (Lipinski definition) is 2. The highest BCUT2D eigenvalue weighted by molar-refractivity contribution is 6.24. The summed E-state index contributed by atoms with van der Waals surface area (Å²) in [5.74, 6) is -0.108. The number of ketones is 2. The molecule has 80 valence electrons. The zero-order chi connectivity index (χ0) is 11.5. The number of carbonyl (C=O) groups is 2. The highest BCUT2D eigenvalue weighted by atomic mass is 16.1. The second-order valence-electron chi connectivity index (χ2n) is 3.68. The van der Waals surface area contributed by atoms with E-state index in [1.807, 2.05) is 19.1 Å². The number of hydrogen-bond donors (Lipinski definition) is 0. The molecule has 0 saturated carbocycles. The number of benzene rings is 1. The average Bonchev–Trinajstić information content (AvgIpc) is 2.32. The Morgan fingerprint density at radius 3 is 2.50 bits per heavy atom. The van der Waals surface area contributed by atoms with Gasteiger partial charge in [0.25, 0.3) is 0 Å². The molecule has 2 heteroatoms. The fourth-order valence-electron chi connectivity index (χ4n) is 1.77. The Balaban J connectivity index is 2.43. The van der Waals surface area contributed by atoms with Crippen LogP contribution in [0.25, 0.3) is 0 Å². The van der Waals surface area contributed by atoms with Crippen molar-refractivity contribution < 1.29 is 9.59 Å². The molecular formula is C14H12O2. The van der Waals surface area contributed by atoms with Crippen LogP contribution in [0.1, 0.15) is 34.1 Å². The summed E-state index contributed by atoms with van der Waals surface area (Å²) >= 11 is 0. The fourth-order valence-corrected chi connectivity index (χ4v) is 1.77. The quantitative estimate of drug-likeness (QED) is 0.706. The van der Waals surface area contributed by atoms with Crippen molar-refractivity contribution in [1.29, 1.82) is 0 Å². The topological polar surface area (TPSA) is 34.1 Å². The van der Waals surface area contributed by atoms with Crippen molar-refractivity contribution in [2.24, 2.45) is 0 Å². The molecule has 0 amide bonds. The number of Topliss-reactive ketones (excluding diaryl/α,β-unsaturated/α-hetero) is 1. The third-order valence-corrected chi connectivity index (χ3v) is 2.61. The molecule has 0 radical (unpaired) electrons. The first-order valence-electron chi connectivity index (χ1n) is 5.24. The SMILES string of the molecule is CC=CCC1=CC(=O)c2ccccc2C1=O. The summed E-state index contributed by atoms with van der Waals surface area (Å²) in [6, 6.07) is 6.95. The van der Waals surface area contributed by atoms with Crippen molar-refractivity contribution in [2.75, 3.05) is 0 Å². The van der Waals surface area contributed by atoms with Crippen LogP contribution in [0.15, 0.2) is 48.1 Å². The van der Waals surface area contributed by atoms with E-state index in [1.165, 1.54) is 6.08 Å². The summed E-state index contributed by atoms with van der Waals surface area (Å²) in [6.07, 6.45) is 5.73. The molecule has 2 nitrogen and oxygen atoms in total. The molecule has 1 aromatic rings. The molecule has 0 aliphatic heterocycles. The van der Waals surface area contributed by atoms with Gasteiger partial charge in [0.15, 0.2) is 11.6 Å². The maximum absolute atomic E-state index is 12.0. The van der Waals surface area contributed by atoms with Gasteiger partial charge in [0.1, 0.15) is 0 Å². The number of fused-ring (bicyclic) bond motifs is 1. The summed E-state index contributed by atoms with van der Waals surface area (Å²) in [5.41, 5.74) is 1.60. The summed E-state index contributed by atoms with van der Waals surface area (Å²) in [4.78, 5) is 23.8. The lowest BCUT2D eigenvalue weighted by Crippen LogP contribution is -2.16. The lowest BCUT2D eigenvalue weighted by molar-refractivity contribution is 0.0983. The monoisotopic (exact) mass is 212 g/mol. The molecule has 0 fully saturated rings. The minimum atomic E-state index is -0.0743. The van der Waals surface area contributed by atoms with Gasteiger partial charge in [-0.25, -0.2) is 0 Å². The normalized spacial score (nSPS) is 15.2. The largest absolute Gasteiger partial charge is 0.289 e. The standard InChI is InChI=1S/C14H12O2/c1-2-3-6-10-9-13(15)11-7-4-5-8-12(11)14(10)16/h2-5,7-9H,6H2,1H3. The zero-order valence-corrected chi connectivity index (χ0v) is 9.07. The van der Waals surface area contributed by atoms with Crippen LogP contribution in [0.4, 0.5) is 0 Å². The lowest BCUT2D eigenvalue weighted by Gasteiger charge is -2.13. The zero-order valence-electron chi connectivity index (χ0n) is 9.07. The Labute approximate surface area is 94.3 Å². The third-order valence-electron chi connectivity index (χ3n) is 2.61. The molecule has 0 heterocycles. The molecule has 16 heavy (non-hydrogen) atoms. The molecule has 0 aromatic heterocycles. The van der Waals surface area contributed by atoms with Crippen molar-refractivity contribution in [3.05, 3.63) is 59.2 Å². The predicted molar refractivity (Wildman–Crippen MR) is 62.6 cm³/mol. The van der Waals surface area contributed by atoms with E-state index in [1.54, 1.807) is 24.3 Å². The summed E-state index contributed by atoms with van der Waals surface area (Å²) in [7, 11) is 0. The number of allylic oxidation sites excluding steroid dienone is 4. The van der Waals surface area contributed by atoms with Gasteiger partial charge in [-0.2, -0.15) is 0 Å². The van der Waals surface area contributed by atoms with E-state index in [0.29, 0.717) is 23.1 Å². The lowest BCUT2D eigenvalue weighted by atomic mass is 9.88. The maximum atomic E-state index is 12.0. The van der Waals surface area contributed by atoms with E-state index in [0.717, 1.165) is 0 Å². The Hall–Kier alpha value is -1.96. The minimum absolute atomic E-state index is 0.0340. The van der Waals surface area contributed by atoms with Crippen LogP contribution in [0.2, 0.25) is 0 Å². The van der Waals surface area contributed by atoms with Crippen LogP contribution in [-0.2, 0) is 0 Å². The van der Waals surface area contributed by atoms with Crippen molar-refractivity contribution in [3.8, 4) is 0 Å². The summed E-state index contributed by atoms with van der Waals surface area (Å²) in [5, 5.41) is 0. The van der Waals surface area contributed by atoms with E-state index in [-0.39, 0.29) is 11.6 Å². The van der Waals surface area contributed by atoms with Gasteiger partial charge in [-0.05, 0) is 19.4 Å². The van der Waals surface area contributed by atoms with Gasteiger partial charge in [0.2, 0.25) is 0 Å². The van der Waals surface area contributed by atoms with E-state index in [2.05, 4.69) is 0 Å². The molecule has 2 rings (SSSR count). The van der Waals surface area contributed by atoms with Crippen LogP contribution < -0.4 is 0 Å². The third kappa shape index (κ3) is 1.74. The molecule has 0 atom stereocenters. The van der Waals surface area contributed by atoms with Crippen LogP contribution in [-0.4, -0.2) is 11.6 Å². The van der Waals surface area contributed by atoms with Gasteiger partial charge in [-0.15, -0.1) is 0 Å². The highest BCUT2D eigenvalue weighted by Gasteiger charge is 2.23. The Morgan fingerprint density at radius 2 is 1.81 bits per heavy atom. The first-order valence-corrected chi connectivity index (χ1v) is 5.24.